The van der Waals surface area contributed by atoms with Crippen LogP contribution < -0.4 is 4.74 Å². The number of carbonyl (C=O) groups is 1. The van der Waals surface area contributed by atoms with E-state index in [1.807, 2.05) is 58.0 Å². The van der Waals surface area contributed by atoms with Crippen LogP contribution in [0.4, 0.5) is 0 Å². The molecule has 1 aromatic carbocycles. The van der Waals surface area contributed by atoms with E-state index < -0.39 is 0 Å². The monoisotopic (exact) mass is 402 g/mol. The molecule has 6 rings (SSSR count). The van der Waals surface area contributed by atoms with Gasteiger partial charge in [0.15, 0.2) is 11.5 Å². The Morgan fingerprint density at radius 3 is 3.00 bits per heavy atom. The highest BCUT2D eigenvalue weighted by molar-refractivity contribution is 7.17. The van der Waals surface area contributed by atoms with Crippen LogP contribution in [-0.2, 0) is 6.61 Å². The molecule has 1 amide bonds. The fraction of sp³-hybridized carbons (Fsp3) is 0.227. The van der Waals surface area contributed by atoms with Crippen molar-refractivity contribution in [1.82, 2.24) is 19.5 Å². The molecule has 0 radical (unpaired) electrons. The number of likely N-dealkylation sites (tertiary alicyclic amines) is 1. The molecule has 4 aromatic rings. The lowest BCUT2D eigenvalue weighted by Crippen LogP contribution is -2.31. The van der Waals surface area contributed by atoms with E-state index in [1.54, 1.807) is 11.3 Å². The molecule has 1 atom stereocenters. The third kappa shape index (κ3) is 2.57. The number of para-hydroxylation sites is 1. The standard InChI is InChI=1S/C22H18N4O2S/c27-22(18-12-14-13-28-17-8-2-1-6-15(17)20(14)29-18)25-11-5-7-16(25)21-24-23-19-9-3-4-10-26(19)21/h1-4,6,8-10,12,16H,5,7,11,13H2/t16-/m1/s1. The van der Waals surface area contributed by atoms with Crippen LogP contribution in [0.25, 0.3) is 16.1 Å². The zero-order valence-electron chi connectivity index (χ0n) is 15.6. The Morgan fingerprint density at radius 2 is 2.03 bits per heavy atom. The number of rotatable bonds is 2. The first kappa shape index (κ1) is 16.7. The second-order valence-corrected chi connectivity index (χ2v) is 8.45. The summed E-state index contributed by atoms with van der Waals surface area (Å²) in [6.45, 7) is 1.25. The molecule has 0 spiro atoms. The number of amides is 1. The van der Waals surface area contributed by atoms with Crippen LogP contribution in [0, 0.1) is 0 Å². The van der Waals surface area contributed by atoms with Gasteiger partial charge in [-0.05, 0) is 43.2 Å². The van der Waals surface area contributed by atoms with Crippen LogP contribution in [0.15, 0.2) is 54.7 Å². The van der Waals surface area contributed by atoms with Crippen molar-refractivity contribution in [3.8, 4) is 16.2 Å². The van der Waals surface area contributed by atoms with E-state index in [4.69, 9.17) is 4.74 Å². The van der Waals surface area contributed by atoms with E-state index in [-0.39, 0.29) is 11.9 Å². The number of thiophene rings is 1. The number of ether oxygens (including phenoxy) is 1. The Labute approximate surface area is 171 Å². The Hall–Kier alpha value is -3.19. The second kappa shape index (κ2) is 6.42. The van der Waals surface area contributed by atoms with E-state index in [0.29, 0.717) is 6.61 Å². The number of benzene rings is 1. The molecule has 2 aliphatic rings. The van der Waals surface area contributed by atoms with Crippen molar-refractivity contribution in [2.45, 2.75) is 25.5 Å². The first-order valence-electron chi connectivity index (χ1n) is 9.75. The van der Waals surface area contributed by atoms with Gasteiger partial charge in [0.05, 0.1) is 10.9 Å². The third-order valence-electron chi connectivity index (χ3n) is 5.69. The zero-order valence-corrected chi connectivity index (χ0v) is 16.4. The van der Waals surface area contributed by atoms with Crippen molar-refractivity contribution in [3.05, 3.63) is 71.0 Å². The zero-order chi connectivity index (χ0) is 19.4. The number of carbonyl (C=O) groups excluding carboxylic acids is 1. The predicted molar refractivity (Wildman–Crippen MR) is 110 cm³/mol. The minimum atomic E-state index is -0.0532. The van der Waals surface area contributed by atoms with Crippen LogP contribution in [0.2, 0.25) is 0 Å². The minimum absolute atomic E-state index is 0.0532. The van der Waals surface area contributed by atoms with Gasteiger partial charge in [0.1, 0.15) is 12.4 Å². The quantitative estimate of drug-likeness (QED) is 0.501. The second-order valence-electron chi connectivity index (χ2n) is 7.39. The molecule has 7 heteroatoms. The molecule has 1 saturated heterocycles. The molecule has 1 fully saturated rings. The number of aromatic nitrogens is 3. The van der Waals surface area contributed by atoms with Crippen LogP contribution in [0.3, 0.4) is 0 Å². The van der Waals surface area contributed by atoms with Crippen LogP contribution in [0.5, 0.6) is 5.75 Å². The maximum atomic E-state index is 13.5. The van der Waals surface area contributed by atoms with Crippen molar-refractivity contribution in [2.24, 2.45) is 0 Å². The smallest absolute Gasteiger partial charge is 0.264 e. The molecule has 6 nitrogen and oxygen atoms in total. The summed E-state index contributed by atoms with van der Waals surface area (Å²) in [7, 11) is 0. The summed E-state index contributed by atoms with van der Waals surface area (Å²) in [5.74, 6) is 1.79. The summed E-state index contributed by atoms with van der Waals surface area (Å²) in [6.07, 6.45) is 3.83. The molecule has 29 heavy (non-hydrogen) atoms. The van der Waals surface area contributed by atoms with Crippen LogP contribution in [0.1, 0.15) is 39.9 Å². The fourth-order valence-corrected chi connectivity index (χ4v) is 5.46. The SMILES string of the molecule is O=C(c1cc2c(s1)-c1ccccc1OC2)N1CCC[C@@H]1c1nnc2ccccn12. The van der Waals surface area contributed by atoms with Crippen LogP contribution in [-0.4, -0.2) is 31.9 Å². The average Bonchev–Trinajstić information content (AvgIpc) is 3.50. The number of nitrogens with zero attached hydrogens (tertiary/aromatic N) is 4. The van der Waals surface area contributed by atoms with E-state index in [9.17, 15) is 4.79 Å². The molecule has 144 valence electrons. The Balaban J connectivity index is 1.36. The van der Waals surface area contributed by atoms with Gasteiger partial charge < -0.3 is 9.64 Å². The first-order valence-corrected chi connectivity index (χ1v) is 10.6. The molecule has 0 aliphatic carbocycles. The highest BCUT2D eigenvalue weighted by Crippen LogP contribution is 2.43. The normalized spacial score (nSPS) is 17.8. The lowest BCUT2D eigenvalue weighted by atomic mass is 10.1. The maximum absolute atomic E-state index is 13.5. The molecule has 0 bridgehead atoms. The van der Waals surface area contributed by atoms with E-state index in [2.05, 4.69) is 16.3 Å². The minimum Gasteiger partial charge on any atom is -0.488 e. The Kier molecular flexibility index (Phi) is 3.70. The predicted octanol–water partition coefficient (Wildman–Crippen LogP) is 4.33. The molecular weight excluding hydrogens is 384 g/mol. The molecule has 2 aliphatic heterocycles. The van der Waals surface area contributed by atoms with E-state index in [1.165, 1.54) is 0 Å². The van der Waals surface area contributed by atoms with Crippen molar-refractivity contribution in [1.29, 1.82) is 0 Å². The van der Waals surface area contributed by atoms with Gasteiger partial charge in [-0.25, -0.2) is 0 Å². The van der Waals surface area contributed by atoms with E-state index >= 15 is 0 Å². The Morgan fingerprint density at radius 1 is 1.14 bits per heavy atom. The number of fused-ring (bicyclic) bond motifs is 4. The topological polar surface area (TPSA) is 59.7 Å². The summed E-state index contributed by atoms with van der Waals surface area (Å²) >= 11 is 1.56. The lowest BCUT2D eigenvalue weighted by molar-refractivity contribution is 0.0734. The average molecular weight is 402 g/mol. The van der Waals surface area contributed by atoms with E-state index in [0.717, 1.165) is 57.5 Å². The number of pyridine rings is 1. The lowest BCUT2D eigenvalue weighted by Gasteiger charge is -2.22. The molecule has 3 aromatic heterocycles. The van der Waals surface area contributed by atoms with Gasteiger partial charge >= 0.3 is 0 Å². The third-order valence-corrected chi connectivity index (χ3v) is 6.89. The molecule has 0 saturated carbocycles. The van der Waals surface area contributed by atoms with Crippen LogP contribution >= 0.6 is 11.3 Å². The summed E-state index contributed by atoms with van der Waals surface area (Å²) in [5.41, 5.74) is 2.96. The Bertz CT molecular complexity index is 1240. The fourth-order valence-electron chi connectivity index (χ4n) is 4.31. The molecule has 0 unspecified atom stereocenters. The van der Waals surface area contributed by atoms with Crippen molar-refractivity contribution < 1.29 is 9.53 Å². The van der Waals surface area contributed by atoms with Gasteiger partial charge in [0, 0.05) is 28.7 Å². The summed E-state index contributed by atoms with van der Waals surface area (Å²) in [5, 5.41) is 8.67. The van der Waals surface area contributed by atoms with Gasteiger partial charge in [0.2, 0.25) is 0 Å². The van der Waals surface area contributed by atoms with Gasteiger partial charge in [0.25, 0.3) is 5.91 Å². The van der Waals surface area contributed by atoms with Gasteiger partial charge in [-0.3, -0.25) is 9.20 Å². The maximum Gasteiger partial charge on any atom is 0.264 e. The van der Waals surface area contributed by atoms with Crippen molar-refractivity contribution in [3.63, 3.8) is 0 Å². The summed E-state index contributed by atoms with van der Waals surface area (Å²) in [4.78, 5) is 17.3. The summed E-state index contributed by atoms with van der Waals surface area (Å²) in [6, 6.07) is 15.8. The molecule has 0 N–H and O–H groups in total. The van der Waals surface area contributed by atoms with Gasteiger partial charge in [-0.1, -0.05) is 18.2 Å². The van der Waals surface area contributed by atoms with Crippen molar-refractivity contribution >= 4 is 22.9 Å². The van der Waals surface area contributed by atoms with Gasteiger partial charge in [-0.15, -0.1) is 21.5 Å². The highest BCUT2D eigenvalue weighted by Gasteiger charge is 2.35. The van der Waals surface area contributed by atoms with Crippen molar-refractivity contribution in [2.75, 3.05) is 6.54 Å². The largest absolute Gasteiger partial charge is 0.488 e. The summed E-state index contributed by atoms with van der Waals surface area (Å²) < 4.78 is 7.84. The highest BCUT2D eigenvalue weighted by atomic mass is 32.1. The number of hydrogen-bond donors (Lipinski definition) is 0. The molecule has 5 heterocycles. The molecular formula is C22H18N4O2S. The first-order chi connectivity index (χ1) is 14.3. The number of hydrogen-bond acceptors (Lipinski definition) is 5. The van der Waals surface area contributed by atoms with Gasteiger partial charge in [-0.2, -0.15) is 0 Å².